The number of carbonyl (C=O) groups is 2. The smallest absolute Gasteiger partial charge is 0.419 e. The van der Waals surface area contributed by atoms with Crippen LogP contribution < -0.4 is 0 Å². The van der Waals surface area contributed by atoms with Crippen LogP contribution >= 0.6 is 0 Å². The van der Waals surface area contributed by atoms with Gasteiger partial charge in [0.25, 0.3) is 0 Å². The number of ether oxygens (including phenoxy) is 2. The summed E-state index contributed by atoms with van der Waals surface area (Å²) in [6.07, 6.45) is -0.823. The highest BCUT2D eigenvalue weighted by Gasteiger charge is 2.27. The summed E-state index contributed by atoms with van der Waals surface area (Å²) in [6.45, 7) is 6.88. The quantitative estimate of drug-likeness (QED) is 0.793. The molecular weight excluding hydrogens is 289 g/mol. The topological polar surface area (TPSA) is 57.5 Å². The fourth-order valence-corrected chi connectivity index (χ4v) is 2.07. The molecule has 0 atom stereocenters. The van der Waals surface area contributed by atoms with Gasteiger partial charge in [0, 0.05) is 5.39 Å². The Morgan fingerprint density at radius 1 is 1.27 bits per heavy atom. The van der Waals surface area contributed by atoms with Crippen LogP contribution in [0.3, 0.4) is 0 Å². The lowest BCUT2D eigenvalue weighted by Crippen LogP contribution is -2.29. The van der Waals surface area contributed by atoms with Gasteiger partial charge in [0.1, 0.15) is 17.1 Å². The largest absolute Gasteiger partial charge is 0.461 e. The van der Waals surface area contributed by atoms with Gasteiger partial charge in [-0.3, -0.25) is 0 Å². The predicted octanol–water partition coefficient (Wildman–Crippen LogP) is 3.74. The average molecular weight is 307 g/mol. The molecular formula is C16H18FNO4. The lowest BCUT2D eigenvalue weighted by Gasteiger charge is -2.20. The van der Waals surface area contributed by atoms with E-state index in [0.717, 1.165) is 4.57 Å². The van der Waals surface area contributed by atoms with E-state index >= 15 is 0 Å². The number of halogens is 1. The summed E-state index contributed by atoms with van der Waals surface area (Å²) in [4.78, 5) is 24.4. The number of para-hydroxylation sites is 1. The van der Waals surface area contributed by atoms with E-state index in [2.05, 4.69) is 0 Å². The first-order valence-corrected chi connectivity index (χ1v) is 6.95. The van der Waals surface area contributed by atoms with Gasteiger partial charge in [0.05, 0.1) is 12.1 Å². The Morgan fingerprint density at radius 3 is 2.55 bits per heavy atom. The van der Waals surface area contributed by atoms with E-state index in [9.17, 15) is 14.0 Å². The van der Waals surface area contributed by atoms with Gasteiger partial charge in [0.15, 0.2) is 0 Å². The van der Waals surface area contributed by atoms with Crippen LogP contribution in [0.4, 0.5) is 9.18 Å². The second kappa shape index (κ2) is 5.79. The SMILES string of the molecule is CCOC(=O)c1cc2cccc(F)c2n1C(=O)OC(C)(C)C. The van der Waals surface area contributed by atoms with Crippen molar-refractivity contribution in [3.8, 4) is 0 Å². The van der Waals surface area contributed by atoms with E-state index in [-0.39, 0.29) is 17.8 Å². The lowest BCUT2D eigenvalue weighted by atomic mass is 10.2. The van der Waals surface area contributed by atoms with Gasteiger partial charge in [0.2, 0.25) is 0 Å². The first-order chi connectivity index (χ1) is 10.2. The molecule has 118 valence electrons. The van der Waals surface area contributed by atoms with Gasteiger partial charge >= 0.3 is 12.1 Å². The molecule has 0 saturated carbocycles. The molecule has 2 rings (SSSR count). The second-order valence-corrected chi connectivity index (χ2v) is 5.74. The van der Waals surface area contributed by atoms with Crippen molar-refractivity contribution in [2.45, 2.75) is 33.3 Å². The maximum Gasteiger partial charge on any atom is 0.419 e. The molecule has 1 heterocycles. The summed E-state index contributed by atoms with van der Waals surface area (Å²) >= 11 is 0. The number of benzene rings is 1. The average Bonchev–Trinajstić information content (AvgIpc) is 2.78. The van der Waals surface area contributed by atoms with Crippen molar-refractivity contribution in [2.75, 3.05) is 6.61 Å². The first kappa shape index (κ1) is 16.0. The van der Waals surface area contributed by atoms with Gasteiger partial charge in [-0.15, -0.1) is 0 Å². The standard InChI is InChI=1S/C16H18FNO4/c1-5-21-14(19)12-9-10-7-6-8-11(17)13(10)18(12)15(20)22-16(2,3)4/h6-9H,5H2,1-4H3. The Kier molecular flexibility index (Phi) is 4.21. The third-order valence-corrected chi connectivity index (χ3v) is 2.84. The van der Waals surface area contributed by atoms with Crippen molar-refractivity contribution in [1.82, 2.24) is 4.57 Å². The van der Waals surface area contributed by atoms with Gasteiger partial charge in [-0.05, 0) is 39.8 Å². The Bertz CT molecular complexity index is 728. The van der Waals surface area contributed by atoms with Crippen molar-refractivity contribution in [2.24, 2.45) is 0 Å². The van der Waals surface area contributed by atoms with Gasteiger partial charge in [-0.1, -0.05) is 12.1 Å². The predicted molar refractivity (Wildman–Crippen MR) is 79.5 cm³/mol. The Balaban J connectivity index is 2.64. The minimum atomic E-state index is -0.823. The highest BCUT2D eigenvalue weighted by molar-refractivity contribution is 6.01. The third kappa shape index (κ3) is 3.10. The van der Waals surface area contributed by atoms with Crippen LogP contribution in [0.15, 0.2) is 24.3 Å². The summed E-state index contributed by atoms with van der Waals surface area (Å²) in [5, 5.41) is 0.425. The van der Waals surface area contributed by atoms with Crippen molar-refractivity contribution < 1.29 is 23.5 Å². The highest BCUT2D eigenvalue weighted by Crippen LogP contribution is 2.25. The fourth-order valence-electron chi connectivity index (χ4n) is 2.07. The van der Waals surface area contributed by atoms with Crippen LogP contribution in [0.25, 0.3) is 10.9 Å². The van der Waals surface area contributed by atoms with Crippen LogP contribution in [0.2, 0.25) is 0 Å². The van der Waals surface area contributed by atoms with Crippen molar-refractivity contribution in [3.05, 3.63) is 35.8 Å². The molecule has 1 aromatic heterocycles. The molecule has 0 unspecified atom stereocenters. The molecule has 0 aliphatic carbocycles. The zero-order chi connectivity index (χ0) is 16.5. The lowest BCUT2D eigenvalue weighted by molar-refractivity contribution is 0.0453. The van der Waals surface area contributed by atoms with Crippen molar-refractivity contribution in [3.63, 3.8) is 0 Å². The molecule has 0 amide bonds. The van der Waals surface area contributed by atoms with Crippen LogP contribution in [0.1, 0.15) is 38.2 Å². The molecule has 0 radical (unpaired) electrons. The molecule has 22 heavy (non-hydrogen) atoms. The molecule has 0 saturated heterocycles. The molecule has 0 aliphatic heterocycles. The van der Waals surface area contributed by atoms with Crippen LogP contribution in [0.5, 0.6) is 0 Å². The number of fused-ring (bicyclic) bond motifs is 1. The fraction of sp³-hybridized carbons (Fsp3) is 0.375. The number of hydrogen-bond acceptors (Lipinski definition) is 4. The summed E-state index contributed by atoms with van der Waals surface area (Å²) < 4.78 is 25.2. The summed E-state index contributed by atoms with van der Waals surface area (Å²) in [5.74, 6) is -1.32. The van der Waals surface area contributed by atoms with E-state index in [1.54, 1.807) is 33.8 Å². The Labute approximate surface area is 127 Å². The van der Waals surface area contributed by atoms with E-state index in [1.807, 2.05) is 0 Å². The zero-order valence-corrected chi connectivity index (χ0v) is 13.0. The van der Waals surface area contributed by atoms with Crippen LogP contribution in [0, 0.1) is 5.82 Å². The number of hydrogen-bond donors (Lipinski definition) is 0. The molecule has 2 aromatic rings. The third-order valence-electron chi connectivity index (χ3n) is 2.84. The second-order valence-electron chi connectivity index (χ2n) is 5.74. The summed E-state index contributed by atoms with van der Waals surface area (Å²) in [5.41, 5.74) is -0.832. The minimum absolute atomic E-state index is 0.000182. The van der Waals surface area contributed by atoms with Gasteiger partial charge in [-0.2, -0.15) is 0 Å². The maximum absolute atomic E-state index is 14.1. The summed E-state index contributed by atoms with van der Waals surface area (Å²) in [6, 6.07) is 5.76. The minimum Gasteiger partial charge on any atom is -0.461 e. The number of nitrogens with zero attached hydrogens (tertiary/aromatic N) is 1. The normalized spacial score (nSPS) is 11.5. The molecule has 5 nitrogen and oxygen atoms in total. The van der Waals surface area contributed by atoms with Crippen LogP contribution in [-0.2, 0) is 9.47 Å². The van der Waals surface area contributed by atoms with Gasteiger partial charge in [-0.25, -0.2) is 18.5 Å². The summed E-state index contributed by atoms with van der Waals surface area (Å²) in [7, 11) is 0. The molecule has 6 heteroatoms. The van der Waals surface area contributed by atoms with Gasteiger partial charge < -0.3 is 9.47 Å². The number of rotatable bonds is 2. The number of carbonyl (C=O) groups excluding carboxylic acids is 2. The van der Waals surface area contributed by atoms with Crippen molar-refractivity contribution >= 4 is 23.0 Å². The molecule has 0 aliphatic rings. The van der Waals surface area contributed by atoms with E-state index in [4.69, 9.17) is 9.47 Å². The Morgan fingerprint density at radius 2 is 1.95 bits per heavy atom. The molecule has 0 spiro atoms. The first-order valence-electron chi connectivity index (χ1n) is 6.95. The van der Waals surface area contributed by atoms with Crippen LogP contribution in [-0.4, -0.2) is 28.8 Å². The molecule has 0 N–H and O–H groups in total. The van der Waals surface area contributed by atoms with E-state index in [0.29, 0.717) is 5.39 Å². The van der Waals surface area contributed by atoms with Crippen molar-refractivity contribution in [1.29, 1.82) is 0 Å². The number of aromatic nitrogens is 1. The molecule has 1 aromatic carbocycles. The highest BCUT2D eigenvalue weighted by atomic mass is 19.1. The monoisotopic (exact) mass is 307 g/mol. The molecule has 0 bridgehead atoms. The zero-order valence-electron chi connectivity index (χ0n) is 13.0. The maximum atomic E-state index is 14.1. The van der Waals surface area contributed by atoms with E-state index < -0.39 is 23.5 Å². The Hall–Kier alpha value is -2.37. The van der Waals surface area contributed by atoms with E-state index in [1.165, 1.54) is 18.2 Å². The molecule has 0 fully saturated rings. The number of esters is 1.